The quantitative estimate of drug-likeness (QED) is 0.0479. The molecular formula is C45H60N4O10. The maximum absolute atomic E-state index is 12.9. The summed E-state index contributed by atoms with van der Waals surface area (Å²) >= 11 is 0. The van der Waals surface area contributed by atoms with Crippen LogP contribution in [0.4, 0.5) is 9.59 Å². The molecule has 3 rings (SSSR count). The zero-order valence-corrected chi connectivity index (χ0v) is 34.9. The summed E-state index contributed by atoms with van der Waals surface area (Å²) in [5.74, 6) is -1.85. The Morgan fingerprint density at radius 3 is 1.81 bits per heavy atom. The van der Waals surface area contributed by atoms with Crippen LogP contribution in [0, 0.1) is 0 Å². The van der Waals surface area contributed by atoms with Gasteiger partial charge in [-0.3, -0.25) is 14.4 Å². The number of ether oxygens (including phenoxy) is 4. The molecule has 0 unspecified atom stereocenters. The first-order valence-electron chi connectivity index (χ1n) is 20.1. The van der Waals surface area contributed by atoms with Crippen molar-refractivity contribution in [3.8, 4) is 11.1 Å². The van der Waals surface area contributed by atoms with Gasteiger partial charge in [0, 0.05) is 25.9 Å². The summed E-state index contributed by atoms with van der Waals surface area (Å²) in [6.07, 6.45) is 3.35. The van der Waals surface area contributed by atoms with Gasteiger partial charge in [0.2, 0.25) is 11.8 Å². The average Bonchev–Trinajstić information content (AvgIpc) is 3.22. The Morgan fingerprint density at radius 2 is 1.20 bits per heavy atom. The summed E-state index contributed by atoms with van der Waals surface area (Å²) in [5, 5.41) is 10.8. The summed E-state index contributed by atoms with van der Waals surface area (Å²) in [7, 11) is 2.50. The van der Waals surface area contributed by atoms with Crippen molar-refractivity contribution < 1.29 is 47.7 Å². The minimum atomic E-state index is -1.02. The van der Waals surface area contributed by atoms with Crippen LogP contribution < -0.4 is 21.3 Å². The zero-order valence-electron chi connectivity index (χ0n) is 34.9. The predicted molar refractivity (Wildman–Crippen MR) is 223 cm³/mol. The molecule has 320 valence electrons. The summed E-state index contributed by atoms with van der Waals surface area (Å²) in [5.41, 5.74) is 4.51. The van der Waals surface area contributed by atoms with Gasteiger partial charge < -0.3 is 40.2 Å². The van der Waals surface area contributed by atoms with Crippen molar-refractivity contribution in [3.05, 3.63) is 95.6 Å². The topological polar surface area (TPSA) is 187 Å². The number of hydrogen-bond donors (Lipinski definition) is 4. The van der Waals surface area contributed by atoms with Crippen molar-refractivity contribution >= 4 is 35.9 Å². The first-order valence-corrected chi connectivity index (χ1v) is 20.1. The molecule has 14 nitrogen and oxygen atoms in total. The first kappa shape index (κ1) is 47.5. The number of unbranched alkanes of at least 4 members (excludes halogenated alkanes) is 2. The molecule has 0 heterocycles. The molecule has 0 saturated heterocycles. The molecule has 2 atom stereocenters. The van der Waals surface area contributed by atoms with Crippen molar-refractivity contribution in [2.24, 2.45) is 0 Å². The summed E-state index contributed by atoms with van der Waals surface area (Å²) < 4.78 is 20.1. The lowest BCUT2D eigenvalue weighted by Gasteiger charge is -2.23. The zero-order chi connectivity index (χ0) is 43.0. The van der Waals surface area contributed by atoms with Gasteiger partial charge in [0.1, 0.15) is 24.3 Å². The van der Waals surface area contributed by atoms with Crippen LogP contribution in [0.5, 0.6) is 0 Å². The number of amides is 4. The summed E-state index contributed by atoms with van der Waals surface area (Å²) in [4.78, 5) is 74.1. The van der Waals surface area contributed by atoms with E-state index in [1.807, 2.05) is 54.6 Å². The van der Waals surface area contributed by atoms with Crippen LogP contribution in [0.15, 0.2) is 78.9 Å². The molecule has 3 aromatic carbocycles. The number of esters is 2. The fraction of sp³-hybridized carbons (Fsp3) is 0.467. The highest BCUT2D eigenvalue weighted by molar-refractivity contribution is 5.86. The monoisotopic (exact) mass is 816 g/mol. The fourth-order valence-electron chi connectivity index (χ4n) is 5.95. The third kappa shape index (κ3) is 19.4. The molecule has 0 fully saturated rings. The Bertz CT molecular complexity index is 1780. The second-order valence-electron chi connectivity index (χ2n) is 15.1. The number of methoxy groups -OCH3 is 2. The molecule has 0 aromatic heterocycles. The minimum Gasteiger partial charge on any atom is -0.469 e. The van der Waals surface area contributed by atoms with Crippen LogP contribution in [0.1, 0.15) is 88.8 Å². The lowest BCUT2D eigenvalue weighted by Crippen LogP contribution is -2.48. The van der Waals surface area contributed by atoms with E-state index in [0.717, 1.165) is 41.5 Å². The highest BCUT2D eigenvalue weighted by Crippen LogP contribution is 2.22. The third-order valence-electron chi connectivity index (χ3n) is 9.17. The SMILES string of the molecule is COC(=O)CC[C@H](NC(=O)OC(C)(C)C)C(=O)NCCCC[C@H](NC(=O)CCc1ccc(-c2ccc(CCCCNC(=O)OCc3ccccc3)cc2)cc1)C(=O)OC. The number of carbonyl (C=O) groups excluding carboxylic acids is 6. The number of carbonyl (C=O) groups is 6. The van der Waals surface area contributed by atoms with E-state index in [4.69, 9.17) is 14.2 Å². The minimum absolute atomic E-state index is 0.0199. The maximum Gasteiger partial charge on any atom is 0.408 e. The highest BCUT2D eigenvalue weighted by atomic mass is 16.6. The molecule has 0 bridgehead atoms. The molecule has 3 aromatic rings. The van der Waals surface area contributed by atoms with Crippen LogP contribution in [0.3, 0.4) is 0 Å². The van der Waals surface area contributed by atoms with Crippen LogP contribution >= 0.6 is 0 Å². The molecule has 59 heavy (non-hydrogen) atoms. The molecule has 14 heteroatoms. The smallest absolute Gasteiger partial charge is 0.408 e. The van der Waals surface area contributed by atoms with E-state index < -0.39 is 47.7 Å². The van der Waals surface area contributed by atoms with E-state index in [2.05, 4.69) is 50.3 Å². The van der Waals surface area contributed by atoms with Gasteiger partial charge in [-0.2, -0.15) is 0 Å². The molecule has 0 aliphatic heterocycles. The van der Waals surface area contributed by atoms with Crippen LogP contribution in [0.2, 0.25) is 0 Å². The molecule has 4 amide bonds. The second kappa shape index (κ2) is 25.4. The van der Waals surface area contributed by atoms with Crippen molar-refractivity contribution in [3.63, 3.8) is 0 Å². The van der Waals surface area contributed by atoms with Crippen molar-refractivity contribution in [2.75, 3.05) is 27.3 Å². The molecule has 0 aliphatic carbocycles. The van der Waals surface area contributed by atoms with E-state index in [9.17, 15) is 28.8 Å². The Hall–Kier alpha value is -5.92. The Labute approximate surface area is 347 Å². The Kier molecular flexibility index (Phi) is 20.5. The van der Waals surface area contributed by atoms with Gasteiger partial charge in [0.15, 0.2) is 0 Å². The van der Waals surface area contributed by atoms with E-state index in [1.54, 1.807) is 20.8 Å². The molecular weight excluding hydrogens is 757 g/mol. The molecule has 4 N–H and O–H groups in total. The van der Waals surface area contributed by atoms with E-state index in [0.29, 0.717) is 32.2 Å². The van der Waals surface area contributed by atoms with Gasteiger partial charge in [-0.1, -0.05) is 78.9 Å². The second-order valence-corrected chi connectivity index (χ2v) is 15.1. The van der Waals surface area contributed by atoms with Crippen LogP contribution in [0.25, 0.3) is 11.1 Å². The lowest BCUT2D eigenvalue weighted by molar-refractivity contribution is -0.145. The number of hydrogen-bond acceptors (Lipinski definition) is 10. The van der Waals surface area contributed by atoms with E-state index in [-0.39, 0.29) is 38.3 Å². The van der Waals surface area contributed by atoms with Crippen LogP contribution in [-0.4, -0.2) is 80.9 Å². The Balaban J connectivity index is 1.36. The Morgan fingerprint density at radius 1 is 0.593 bits per heavy atom. The third-order valence-corrected chi connectivity index (χ3v) is 9.17. The maximum atomic E-state index is 12.9. The van der Waals surface area contributed by atoms with Gasteiger partial charge in [-0.15, -0.1) is 0 Å². The fourth-order valence-corrected chi connectivity index (χ4v) is 5.95. The van der Waals surface area contributed by atoms with E-state index in [1.165, 1.54) is 19.8 Å². The number of aryl methyl sites for hydroxylation is 2. The van der Waals surface area contributed by atoms with Gasteiger partial charge in [0.25, 0.3) is 0 Å². The standard InChI is InChI=1S/C45H60N4O10/c1-45(2,3)59-44(55)49-37(26-28-40(51)56-4)41(52)46-29-12-10-16-38(42(53)57-5)48-39(50)27-21-33-19-24-36(25-20-33)35-22-17-32(18-23-35)13-9-11-30-47-43(54)58-31-34-14-7-6-8-15-34/h6-8,14-15,17-20,22-25,37-38H,9-13,16,21,26-31H2,1-5H3,(H,46,52)(H,47,54)(H,48,50)(H,49,55)/t37-,38-/m0/s1. The van der Waals surface area contributed by atoms with Gasteiger partial charge in [0.05, 0.1) is 14.2 Å². The lowest BCUT2D eigenvalue weighted by atomic mass is 9.99. The largest absolute Gasteiger partial charge is 0.469 e. The van der Waals surface area contributed by atoms with Crippen molar-refractivity contribution in [1.82, 2.24) is 21.3 Å². The molecule has 0 spiro atoms. The predicted octanol–water partition coefficient (Wildman–Crippen LogP) is 6.33. The normalized spacial score (nSPS) is 11.9. The van der Waals surface area contributed by atoms with Crippen LogP contribution in [-0.2, 0) is 57.6 Å². The van der Waals surface area contributed by atoms with E-state index >= 15 is 0 Å². The van der Waals surface area contributed by atoms with Gasteiger partial charge in [-0.25, -0.2) is 14.4 Å². The summed E-state index contributed by atoms with van der Waals surface area (Å²) in [6.45, 7) is 6.13. The average molecular weight is 817 g/mol. The molecule has 0 saturated carbocycles. The van der Waals surface area contributed by atoms with Crippen molar-refractivity contribution in [1.29, 1.82) is 0 Å². The highest BCUT2D eigenvalue weighted by Gasteiger charge is 2.25. The summed E-state index contributed by atoms with van der Waals surface area (Å²) in [6, 6.07) is 24.1. The molecule has 0 radical (unpaired) electrons. The number of benzene rings is 3. The van der Waals surface area contributed by atoms with Gasteiger partial charge in [-0.05, 0) is 100.0 Å². The van der Waals surface area contributed by atoms with Gasteiger partial charge >= 0.3 is 24.1 Å². The van der Waals surface area contributed by atoms with Crippen molar-refractivity contribution in [2.45, 2.75) is 109 Å². The first-order chi connectivity index (χ1) is 28.3. The molecule has 0 aliphatic rings. The number of nitrogens with one attached hydrogen (secondary N) is 4. The number of alkyl carbamates (subject to hydrolysis) is 2. The number of rotatable bonds is 23.